The van der Waals surface area contributed by atoms with Gasteiger partial charge in [0, 0.05) is 24.7 Å². The summed E-state index contributed by atoms with van der Waals surface area (Å²) in [5.41, 5.74) is -0.671. The van der Waals surface area contributed by atoms with Gasteiger partial charge in [0.15, 0.2) is 0 Å². The van der Waals surface area contributed by atoms with Crippen molar-refractivity contribution in [3.8, 4) is 0 Å². The Morgan fingerprint density at radius 1 is 1.25 bits per heavy atom. The zero-order chi connectivity index (χ0) is 14.6. The molecule has 112 valence electrons. The highest BCUT2D eigenvalue weighted by Crippen LogP contribution is 2.37. The number of hydrogen-bond acceptors (Lipinski definition) is 2. The van der Waals surface area contributed by atoms with Gasteiger partial charge in [-0.05, 0) is 25.0 Å². The van der Waals surface area contributed by atoms with Gasteiger partial charge in [-0.3, -0.25) is 0 Å². The van der Waals surface area contributed by atoms with E-state index in [1.165, 1.54) is 12.3 Å². The zero-order valence-corrected chi connectivity index (χ0v) is 11.9. The lowest BCUT2D eigenvalue weighted by Crippen LogP contribution is -2.40. The molecule has 0 spiro atoms. The number of halogens is 4. The fourth-order valence-electron chi connectivity index (χ4n) is 2.79. The second kappa shape index (κ2) is 6.66. The molecule has 1 aliphatic carbocycles. The van der Waals surface area contributed by atoms with E-state index in [1.807, 2.05) is 0 Å². The van der Waals surface area contributed by atoms with Crippen molar-refractivity contribution in [3.05, 3.63) is 23.9 Å². The van der Waals surface area contributed by atoms with Gasteiger partial charge >= 0.3 is 6.18 Å². The summed E-state index contributed by atoms with van der Waals surface area (Å²) in [6.45, 7) is 0.395. The van der Waals surface area contributed by atoms with Gasteiger partial charge in [-0.1, -0.05) is 19.3 Å². The largest absolute Gasteiger partial charge is 0.419 e. The van der Waals surface area contributed by atoms with Crippen LogP contribution in [0.15, 0.2) is 18.3 Å². The number of anilines is 1. The predicted octanol–water partition coefficient (Wildman–Crippen LogP) is 4.48. The van der Waals surface area contributed by atoms with Gasteiger partial charge in [0.1, 0.15) is 5.82 Å². The van der Waals surface area contributed by atoms with Crippen LogP contribution in [0.4, 0.5) is 19.0 Å². The van der Waals surface area contributed by atoms with Crippen LogP contribution in [-0.4, -0.2) is 23.5 Å². The molecule has 0 unspecified atom stereocenters. The second-order valence-electron chi connectivity index (χ2n) is 5.05. The molecular formula is C14H18ClF3N2. The lowest BCUT2D eigenvalue weighted by molar-refractivity contribution is -0.137. The Labute approximate surface area is 121 Å². The summed E-state index contributed by atoms with van der Waals surface area (Å²) in [5, 5.41) is 0. The molecule has 2 nitrogen and oxygen atoms in total. The van der Waals surface area contributed by atoms with Crippen LogP contribution in [0.5, 0.6) is 0 Å². The molecule has 6 heteroatoms. The van der Waals surface area contributed by atoms with Crippen molar-refractivity contribution >= 4 is 17.4 Å². The highest BCUT2D eigenvalue weighted by molar-refractivity contribution is 6.18. The Kier molecular flexibility index (Phi) is 5.13. The third kappa shape index (κ3) is 3.57. The summed E-state index contributed by atoms with van der Waals surface area (Å²) in [6.07, 6.45) is 2.10. The van der Waals surface area contributed by atoms with Crippen molar-refractivity contribution in [2.24, 2.45) is 0 Å². The number of aromatic nitrogens is 1. The van der Waals surface area contributed by atoms with Crippen LogP contribution in [0.25, 0.3) is 0 Å². The number of rotatable bonds is 4. The SMILES string of the molecule is FC(F)(F)c1cccnc1N(CCCl)C1CCCCC1. The Morgan fingerprint density at radius 2 is 1.95 bits per heavy atom. The highest BCUT2D eigenvalue weighted by atomic mass is 35.5. The van der Waals surface area contributed by atoms with E-state index in [1.54, 1.807) is 4.90 Å². The van der Waals surface area contributed by atoms with E-state index in [4.69, 9.17) is 11.6 Å². The fraction of sp³-hybridized carbons (Fsp3) is 0.643. The topological polar surface area (TPSA) is 16.1 Å². The summed E-state index contributed by atoms with van der Waals surface area (Å²) >= 11 is 5.78. The van der Waals surface area contributed by atoms with E-state index < -0.39 is 11.7 Å². The molecule has 1 aliphatic rings. The normalized spacial score (nSPS) is 17.2. The van der Waals surface area contributed by atoms with Crippen LogP contribution < -0.4 is 4.90 Å². The maximum absolute atomic E-state index is 13.1. The van der Waals surface area contributed by atoms with E-state index in [2.05, 4.69) is 4.98 Å². The minimum Gasteiger partial charge on any atom is -0.352 e. The second-order valence-corrected chi connectivity index (χ2v) is 5.42. The lowest BCUT2D eigenvalue weighted by atomic mass is 9.94. The van der Waals surface area contributed by atoms with Crippen LogP contribution in [0.1, 0.15) is 37.7 Å². The molecular weight excluding hydrogens is 289 g/mol. The average Bonchev–Trinajstić information content (AvgIpc) is 2.45. The number of nitrogens with zero attached hydrogens (tertiary/aromatic N) is 2. The Balaban J connectivity index is 2.33. The van der Waals surface area contributed by atoms with Crippen molar-refractivity contribution in [2.45, 2.75) is 44.3 Å². The Hall–Kier alpha value is -0.970. The molecule has 0 bridgehead atoms. The summed E-state index contributed by atoms with van der Waals surface area (Å²) in [5.74, 6) is 0.317. The minimum atomic E-state index is -4.39. The fourth-order valence-corrected chi connectivity index (χ4v) is 2.97. The van der Waals surface area contributed by atoms with Crippen LogP contribution in [0.3, 0.4) is 0 Å². The van der Waals surface area contributed by atoms with Crippen LogP contribution in [-0.2, 0) is 6.18 Å². The molecule has 0 radical (unpaired) electrons. The molecule has 1 saturated carbocycles. The van der Waals surface area contributed by atoms with Crippen molar-refractivity contribution in [3.63, 3.8) is 0 Å². The van der Waals surface area contributed by atoms with Crippen molar-refractivity contribution < 1.29 is 13.2 Å². The number of hydrogen-bond donors (Lipinski definition) is 0. The highest BCUT2D eigenvalue weighted by Gasteiger charge is 2.37. The molecule has 1 aromatic heterocycles. The number of alkyl halides is 4. The molecule has 2 rings (SSSR count). The third-order valence-electron chi connectivity index (χ3n) is 3.71. The van der Waals surface area contributed by atoms with Gasteiger partial charge in [0.2, 0.25) is 0 Å². The first-order valence-corrected chi connectivity index (χ1v) is 7.42. The number of pyridine rings is 1. The average molecular weight is 307 g/mol. The molecule has 0 aromatic carbocycles. The van der Waals surface area contributed by atoms with E-state index in [0.717, 1.165) is 38.2 Å². The zero-order valence-electron chi connectivity index (χ0n) is 11.2. The maximum atomic E-state index is 13.1. The van der Waals surface area contributed by atoms with Crippen LogP contribution in [0.2, 0.25) is 0 Å². The monoisotopic (exact) mass is 306 g/mol. The standard InChI is InChI=1S/C14H18ClF3N2/c15-8-10-20(11-5-2-1-3-6-11)13-12(14(16,17)18)7-4-9-19-13/h4,7,9,11H,1-3,5-6,8,10H2. The smallest absolute Gasteiger partial charge is 0.352 e. The van der Waals surface area contributed by atoms with E-state index in [9.17, 15) is 13.2 Å². The van der Waals surface area contributed by atoms with Crippen LogP contribution >= 0.6 is 11.6 Å². The van der Waals surface area contributed by atoms with E-state index in [0.29, 0.717) is 12.4 Å². The predicted molar refractivity (Wildman–Crippen MR) is 74.2 cm³/mol. The summed E-state index contributed by atoms with van der Waals surface area (Å²) in [7, 11) is 0. The molecule has 20 heavy (non-hydrogen) atoms. The molecule has 0 amide bonds. The molecule has 1 aromatic rings. The quantitative estimate of drug-likeness (QED) is 0.763. The third-order valence-corrected chi connectivity index (χ3v) is 3.87. The molecule has 0 saturated heterocycles. The van der Waals surface area contributed by atoms with E-state index >= 15 is 0 Å². The van der Waals surface area contributed by atoms with Crippen molar-refractivity contribution in [2.75, 3.05) is 17.3 Å². The maximum Gasteiger partial charge on any atom is 0.419 e. The first-order chi connectivity index (χ1) is 9.54. The lowest BCUT2D eigenvalue weighted by Gasteiger charge is -2.36. The van der Waals surface area contributed by atoms with Crippen molar-refractivity contribution in [1.29, 1.82) is 0 Å². The summed E-state index contributed by atoms with van der Waals surface area (Å²) in [4.78, 5) is 5.73. The molecule has 0 aliphatic heterocycles. The molecule has 1 heterocycles. The Bertz CT molecular complexity index is 431. The first kappa shape index (κ1) is 15.4. The van der Waals surface area contributed by atoms with Gasteiger partial charge in [0.05, 0.1) is 5.56 Å². The molecule has 0 N–H and O–H groups in total. The van der Waals surface area contributed by atoms with Crippen LogP contribution in [0, 0.1) is 0 Å². The van der Waals surface area contributed by atoms with Gasteiger partial charge < -0.3 is 4.90 Å². The summed E-state index contributed by atoms with van der Waals surface area (Å²) in [6, 6.07) is 2.52. The first-order valence-electron chi connectivity index (χ1n) is 6.89. The van der Waals surface area contributed by atoms with E-state index in [-0.39, 0.29) is 11.9 Å². The minimum absolute atomic E-state index is 0.0209. The molecule has 1 fully saturated rings. The van der Waals surface area contributed by atoms with Gasteiger partial charge in [-0.25, -0.2) is 4.98 Å². The van der Waals surface area contributed by atoms with Gasteiger partial charge in [-0.2, -0.15) is 13.2 Å². The Morgan fingerprint density at radius 3 is 2.55 bits per heavy atom. The van der Waals surface area contributed by atoms with Gasteiger partial charge in [-0.15, -0.1) is 11.6 Å². The molecule has 0 atom stereocenters. The summed E-state index contributed by atoms with van der Waals surface area (Å²) < 4.78 is 39.3. The van der Waals surface area contributed by atoms with Crippen molar-refractivity contribution in [1.82, 2.24) is 4.98 Å². The van der Waals surface area contributed by atoms with Gasteiger partial charge in [0.25, 0.3) is 0 Å².